The van der Waals surface area contributed by atoms with Crippen molar-refractivity contribution in [2.45, 2.75) is 31.4 Å². The van der Waals surface area contributed by atoms with E-state index in [1.54, 1.807) is 6.07 Å². The summed E-state index contributed by atoms with van der Waals surface area (Å²) in [6.45, 7) is 6.43. The molecule has 2 aromatic heterocycles. The zero-order chi connectivity index (χ0) is 14.9. The van der Waals surface area contributed by atoms with Gasteiger partial charge in [-0.1, -0.05) is 0 Å². The van der Waals surface area contributed by atoms with E-state index in [0.29, 0.717) is 17.2 Å². The molecule has 2 rings (SSSR count). The first kappa shape index (κ1) is 15.3. The molecule has 0 aliphatic carbocycles. The lowest BCUT2D eigenvalue weighted by Crippen LogP contribution is -2.25. The van der Waals surface area contributed by atoms with Crippen LogP contribution in [-0.2, 0) is 23.5 Å². The molecule has 0 aliphatic heterocycles. The predicted molar refractivity (Wildman–Crippen MR) is 82.8 cm³/mol. The molecule has 0 aromatic carbocycles. The molecule has 0 amide bonds. The summed E-state index contributed by atoms with van der Waals surface area (Å²) in [6, 6.07) is 5.59. The summed E-state index contributed by atoms with van der Waals surface area (Å²) in [5.74, 6) is 0. The lowest BCUT2D eigenvalue weighted by atomic mass is 10.2. The van der Waals surface area contributed by atoms with Crippen LogP contribution in [0.3, 0.4) is 0 Å². The summed E-state index contributed by atoms with van der Waals surface area (Å²) in [5, 5.41) is 0. The van der Waals surface area contributed by atoms with Crippen molar-refractivity contribution in [1.29, 1.82) is 0 Å². The molecular weight excluding hydrogens is 292 g/mol. The highest BCUT2D eigenvalue weighted by molar-refractivity contribution is 7.91. The Morgan fingerprint density at radius 2 is 1.95 bits per heavy atom. The van der Waals surface area contributed by atoms with Gasteiger partial charge in [-0.05, 0) is 51.0 Å². The van der Waals surface area contributed by atoms with Crippen LogP contribution in [0.15, 0.2) is 22.4 Å². The average Bonchev–Trinajstić information content (AvgIpc) is 2.91. The zero-order valence-electron chi connectivity index (χ0n) is 12.2. The first-order chi connectivity index (χ1) is 9.31. The Kier molecular flexibility index (Phi) is 4.36. The van der Waals surface area contributed by atoms with Crippen molar-refractivity contribution in [3.8, 4) is 0 Å². The van der Waals surface area contributed by atoms with Gasteiger partial charge >= 0.3 is 0 Å². The van der Waals surface area contributed by atoms with Crippen LogP contribution in [0.4, 0.5) is 0 Å². The molecule has 0 radical (unpaired) electrons. The molecule has 6 heteroatoms. The van der Waals surface area contributed by atoms with Gasteiger partial charge in [0.25, 0.3) is 0 Å². The van der Waals surface area contributed by atoms with Gasteiger partial charge in [0.15, 0.2) is 0 Å². The van der Waals surface area contributed by atoms with Crippen LogP contribution < -0.4 is 4.72 Å². The number of thiophene rings is 1. The van der Waals surface area contributed by atoms with E-state index in [-0.39, 0.29) is 0 Å². The van der Waals surface area contributed by atoms with Crippen molar-refractivity contribution >= 4 is 21.4 Å². The molecule has 0 saturated heterocycles. The molecule has 0 atom stereocenters. The molecule has 20 heavy (non-hydrogen) atoms. The summed E-state index contributed by atoms with van der Waals surface area (Å²) in [7, 11) is -1.34. The van der Waals surface area contributed by atoms with Crippen molar-refractivity contribution in [3.63, 3.8) is 0 Å². The minimum absolute atomic E-state index is 0.385. The number of nitrogens with one attached hydrogen (secondary N) is 1. The molecule has 0 fully saturated rings. The van der Waals surface area contributed by atoms with E-state index in [4.69, 9.17) is 0 Å². The summed E-state index contributed by atoms with van der Waals surface area (Å²) >= 11 is 1.30. The van der Waals surface area contributed by atoms with Crippen molar-refractivity contribution < 1.29 is 8.42 Å². The van der Waals surface area contributed by atoms with Gasteiger partial charge in [0.05, 0.1) is 0 Å². The van der Waals surface area contributed by atoms with E-state index in [1.165, 1.54) is 28.3 Å². The van der Waals surface area contributed by atoms with Crippen LogP contribution in [-0.4, -0.2) is 19.5 Å². The molecule has 110 valence electrons. The number of aromatic nitrogens is 1. The topological polar surface area (TPSA) is 51.1 Å². The number of rotatable bonds is 5. The van der Waals surface area contributed by atoms with E-state index in [0.717, 1.165) is 4.88 Å². The van der Waals surface area contributed by atoms with Crippen molar-refractivity contribution in [1.82, 2.24) is 9.29 Å². The van der Waals surface area contributed by atoms with E-state index in [1.807, 2.05) is 20.0 Å². The molecule has 0 unspecified atom stereocenters. The van der Waals surface area contributed by atoms with E-state index in [9.17, 15) is 8.42 Å². The maximum Gasteiger partial charge on any atom is 0.250 e. The highest BCUT2D eigenvalue weighted by Gasteiger charge is 2.16. The highest BCUT2D eigenvalue weighted by Crippen LogP contribution is 2.20. The fourth-order valence-electron chi connectivity index (χ4n) is 2.13. The maximum atomic E-state index is 12.1. The normalized spacial score (nSPS) is 12.0. The fourth-order valence-corrected chi connectivity index (χ4v) is 4.49. The number of sulfonamides is 1. The standard InChI is InChI=1S/C14H20N2O2S2/c1-10-9-13(12(3)16(10)4)7-8-15-20(17,18)14-6-5-11(2)19-14/h5-6,9,15H,7-8H2,1-4H3. The van der Waals surface area contributed by atoms with Crippen LogP contribution in [0.5, 0.6) is 0 Å². The summed E-state index contributed by atoms with van der Waals surface area (Å²) in [6.07, 6.45) is 0.705. The first-order valence-corrected chi connectivity index (χ1v) is 8.79. The van der Waals surface area contributed by atoms with Crippen LogP contribution in [0.2, 0.25) is 0 Å². The number of aryl methyl sites for hydroxylation is 2. The lowest BCUT2D eigenvalue weighted by Gasteiger charge is -2.05. The second-order valence-electron chi connectivity index (χ2n) is 4.97. The molecule has 2 aromatic rings. The second-order valence-corrected chi connectivity index (χ2v) is 8.25. The predicted octanol–water partition coefficient (Wildman–Crippen LogP) is 2.53. The molecule has 0 saturated carbocycles. The SMILES string of the molecule is Cc1ccc(S(=O)(=O)NCCc2cc(C)n(C)c2C)s1. The van der Waals surface area contributed by atoms with Gasteiger partial charge in [-0.25, -0.2) is 13.1 Å². The van der Waals surface area contributed by atoms with Crippen LogP contribution in [0, 0.1) is 20.8 Å². The van der Waals surface area contributed by atoms with E-state index < -0.39 is 10.0 Å². The Hall–Kier alpha value is -1.11. The third kappa shape index (κ3) is 3.13. The minimum atomic E-state index is -3.36. The Morgan fingerprint density at radius 3 is 2.45 bits per heavy atom. The Balaban J connectivity index is 2.01. The van der Waals surface area contributed by atoms with Gasteiger partial charge in [-0.15, -0.1) is 11.3 Å². The van der Waals surface area contributed by atoms with Gasteiger partial charge in [-0.3, -0.25) is 0 Å². The van der Waals surface area contributed by atoms with E-state index >= 15 is 0 Å². The number of nitrogens with zero attached hydrogens (tertiary/aromatic N) is 1. The quantitative estimate of drug-likeness (QED) is 0.922. The Bertz CT molecular complexity index is 712. The summed E-state index contributed by atoms with van der Waals surface area (Å²) in [5.41, 5.74) is 3.57. The minimum Gasteiger partial charge on any atom is -0.352 e. The van der Waals surface area contributed by atoms with Gasteiger partial charge in [0.1, 0.15) is 4.21 Å². The Morgan fingerprint density at radius 1 is 1.25 bits per heavy atom. The second kappa shape index (κ2) is 5.71. The number of hydrogen-bond acceptors (Lipinski definition) is 3. The zero-order valence-corrected chi connectivity index (χ0v) is 13.9. The molecule has 2 heterocycles. The largest absolute Gasteiger partial charge is 0.352 e. The third-order valence-electron chi connectivity index (χ3n) is 3.55. The van der Waals surface area contributed by atoms with Crippen molar-refractivity contribution in [2.24, 2.45) is 7.05 Å². The smallest absolute Gasteiger partial charge is 0.250 e. The molecule has 4 nitrogen and oxygen atoms in total. The fraction of sp³-hybridized carbons (Fsp3) is 0.429. The van der Waals surface area contributed by atoms with Crippen molar-refractivity contribution in [3.05, 3.63) is 40.0 Å². The number of hydrogen-bond donors (Lipinski definition) is 1. The maximum absolute atomic E-state index is 12.1. The summed E-state index contributed by atoms with van der Waals surface area (Å²) < 4.78 is 29.3. The molecular formula is C14H20N2O2S2. The van der Waals surface area contributed by atoms with Gasteiger partial charge in [-0.2, -0.15) is 0 Å². The third-order valence-corrected chi connectivity index (χ3v) is 6.50. The van der Waals surface area contributed by atoms with Gasteiger partial charge < -0.3 is 4.57 Å². The Labute approximate surface area is 124 Å². The van der Waals surface area contributed by atoms with Gasteiger partial charge in [0.2, 0.25) is 10.0 Å². The molecule has 0 aliphatic rings. The van der Waals surface area contributed by atoms with Crippen LogP contribution in [0.1, 0.15) is 21.8 Å². The molecule has 0 bridgehead atoms. The van der Waals surface area contributed by atoms with E-state index in [2.05, 4.69) is 29.2 Å². The molecule has 1 N–H and O–H groups in total. The lowest BCUT2D eigenvalue weighted by molar-refractivity contribution is 0.583. The van der Waals surface area contributed by atoms with Crippen LogP contribution >= 0.6 is 11.3 Å². The van der Waals surface area contributed by atoms with Gasteiger partial charge in [0, 0.05) is 29.9 Å². The molecule has 0 spiro atoms. The summed E-state index contributed by atoms with van der Waals surface area (Å²) in [4.78, 5) is 1.000. The average molecular weight is 312 g/mol. The first-order valence-electron chi connectivity index (χ1n) is 6.49. The monoisotopic (exact) mass is 312 g/mol. The highest BCUT2D eigenvalue weighted by atomic mass is 32.2. The van der Waals surface area contributed by atoms with Crippen molar-refractivity contribution in [2.75, 3.05) is 6.54 Å². The van der Waals surface area contributed by atoms with Crippen LogP contribution in [0.25, 0.3) is 0 Å².